The van der Waals surface area contributed by atoms with E-state index in [1.54, 1.807) is 0 Å². The van der Waals surface area contributed by atoms with Crippen LogP contribution < -0.4 is 0 Å². The van der Waals surface area contributed by atoms with Gasteiger partial charge in [0.2, 0.25) is 0 Å². The number of aromatic nitrogens is 1. The fraction of sp³-hybridized carbons (Fsp3) is 0.400. The number of nitrogens with zero attached hydrogens (tertiary/aromatic N) is 1. The van der Waals surface area contributed by atoms with E-state index < -0.39 is 5.41 Å². The Labute approximate surface area is 287 Å². The second kappa shape index (κ2) is 13.9. The Balaban J connectivity index is 0.000000338. The predicted octanol–water partition coefficient (Wildman–Crippen LogP) is 11.7. The zero-order valence-electron chi connectivity index (χ0n) is 28.7. The quantitative estimate of drug-likeness (QED) is 0.112. The van der Waals surface area contributed by atoms with Gasteiger partial charge in [0, 0.05) is 63.7 Å². The minimum absolute atomic E-state index is 0. The smallest absolute Gasteiger partial charge is 0.164 e. The Morgan fingerprint density at radius 3 is 2.09 bits per heavy atom. The van der Waals surface area contributed by atoms with E-state index in [1.807, 2.05) is 59.1 Å². The Morgan fingerprint density at radius 2 is 1.49 bits per heavy atom. The predicted molar refractivity (Wildman–Crippen MR) is 191 cm³/mol. The van der Waals surface area contributed by atoms with E-state index in [4.69, 9.17) is 4.98 Å². The molecule has 1 N–H and O–H groups in total. The van der Waals surface area contributed by atoms with Crippen LogP contribution in [0.1, 0.15) is 87.3 Å². The van der Waals surface area contributed by atoms with Crippen LogP contribution in [0.5, 0.6) is 0 Å². The maximum atomic E-state index is 11.5. The first-order valence-electron chi connectivity index (χ1n) is 15.6. The number of hydrogen-bond acceptors (Lipinski definition) is 4. The Morgan fingerprint density at radius 1 is 0.867 bits per heavy atom. The van der Waals surface area contributed by atoms with Gasteiger partial charge in [-0.3, -0.25) is 9.78 Å². The molecule has 0 aliphatic heterocycles. The largest absolute Gasteiger partial charge is 0.512 e. The number of aliphatic hydroxyl groups is 1. The van der Waals surface area contributed by atoms with Crippen LogP contribution in [-0.2, 0) is 36.7 Å². The molecule has 0 fully saturated rings. The van der Waals surface area contributed by atoms with E-state index >= 15 is 0 Å². The van der Waals surface area contributed by atoms with Gasteiger partial charge >= 0.3 is 0 Å². The van der Waals surface area contributed by atoms with Crippen molar-refractivity contribution in [3.05, 3.63) is 89.8 Å². The van der Waals surface area contributed by atoms with Gasteiger partial charge in [-0.1, -0.05) is 124 Å². The number of aliphatic hydroxyl groups excluding tert-OH is 1. The monoisotopic (exact) mass is 799 g/mol. The summed E-state index contributed by atoms with van der Waals surface area (Å²) >= 11 is 1.89. The van der Waals surface area contributed by atoms with E-state index in [9.17, 15) is 9.90 Å². The molecule has 0 saturated heterocycles. The van der Waals surface area contributed by atoms with Gasteiger partial charge in [0.25, 0.3) is 0 Å². The average molecular weight is 799 g/mol. The van der Waals surface area contributed by atoms with E-state index in [0.717, 1.165) is 23.1 Å². The third kappa shape index (κ3) is 8.50. The maximum absolute atomic E-state index is 11.5. The molecule has 0 saturated carbocycles. The topological polar surface area (TPSA) is 50.2 Å². The molecule has 1 radical (unpaired) electrons. The van der Waals surface area contributed by atoms with E-state index in [2.05, 4.69) is 95.3 Å². The molecule has 2 heterocycles. The van der Waals surface area contributed by atoms with Crippen LogP contribution in [-0.4, -0.2) is 15.9 Å². The molecule has 0 spiro atoms. The summed E-state index contributed by atoms with van der Waals surface area (Å²) in [4.78, 5) is 16.4. The molecule has 0 aliphatic rings. The molecule has 45 heavy (non-hydrogen) atoms. The van der Waals surface area contributed by atoms with E-state index in [1.165, 1.54) is 42.8 Å². The molecule has 0 amide bonds. The molecule has 3 aromatic carbocycles. The van der Waals surface area contributed by atoms with Gasteiger partial charge in [-0.25, -0.2) is 0 Å². The summed E-state index contributed by atoms with van der Waals surface area (Å²) in [7, 11) is 0. The number of allylic oxidation sites excluding steroid dienone is 2. The van der Waals surface area contributed by atoms with Gasteiger partial charge in [-0.2, -0.15) is 0 Å². The number of benzene rings is 3. The normalized spacial score (nSPS) is 12.8. The third-order valence-electron chi connectivity index (χ3n) is 7.74. The van der Waals surface area contributed by atoms with Crippen molar-refractivity contribution in [1.82, 2.24) is 4.98 Å². The number of fused-ring (bicyclic) bond motifs is 4. The van der Waals surface area contributed by atoms with Gasteiger partial charge in [-0.05, 0) is 34.8 Å². The number of carbonyl (C=O) groups is 1. The van der Waals surface area contributed by atoms with Crippen LogP contribution in [0.3, 0.4) is 0 Å². The average Bonchev–Trinajstić information content (AvgIpc) is 3.31. The van der Waals surface area contributed by atoms with Crippen molar-refractivity contribution in [2.75, 3.05) is 0 Å². The summed E-state index contributed by atoms with van der Waals surface area (Å²) in [5, 5.41) is 14.6. The van der Waals surface area contributed by atoms with Crippen molar-refractivity contribution in [2.45, 2.75) is 88.0 Å². The zero-order valence-corrected chi connectivity index (χ0v) is 31.9. The molecule has 5 aromatic rings. The summed E-state index contributed by atoms with van der Waals surface area (Å²) in [6, 6.07) is 23.5. The number of rotatable bonds is 4. The van der Waals surface area contributed by atoms with Gasteiger partial charge in [0.15, 0.2) is 5.78 Å². The minimum Gasteiger partial charge on any atom is -0.512 e. The van der Waals surface area contributed by atoms with Crippen molar-refractivity contribution in [1.29, 1.82) is 0 Å². The first-order chi connectivity index (χ1) is 20.4. The molecule has 5 rings (SSSR count). The number of carbonyl (C=O) groups excluding carboxylic acids is 1. The van der Waals surface area contributed by atoms with Gasteiger partial charge < -0.3 is 5.11 Å². The number of thiophene rings is 1. The maximum Gasteiger partial charge on any atom is 0.164 e. The van der Waals surface area contributed by atoms with Crippen molar-refractivity contribution < 1.29 is 30.0 Å². The number of ketones is 1. The van der Waals surface area contributed by atoms with Crippen LogP contribution in [0.2, 0.25) is 0 Å². The second-order valence-corrected chi connectivity index (χ2v) is 16.3. The fourth-order valence-electron chi connectivity index (χ4n) is 5.11. The van der Waals surface area contributed by atoms with Crippen molar-refractivity contribution in [3.63, 3.8) is 0 Å². The molecule has 5 heteroatoms. The number of hydrogen-bond donors (Lipinski definition) is 1. The van der Waals surface area contributed by atoms with Gasteiger partial charge in [0.1, 0.15) is 5.76 Å². The van der Waals surface area contributed by atoms with Crippen LogP contribution in [0.25, 0.3) is 42.2 Å². The second-order valence-electron chi connectivity index (χ2n) is 15.3. The summed E-state index contributed by atoms with van der Waals surface area (Å²) in [5.74, 6) is 0.740. The van der Waals surface area contributed by atoms with Gasteiger partial charge in [-0.15, -0.1) is 40.5 Å². The third-order valence-corrected chi connectivity index (χ3v) is 9.04. The molecule has 241 valence electrons. The van der Waals surface area contributed by atoms with Crippen LogP contribution in [0.15, 0.2) is 72.6 Å². The van der Waals surface area contributed by atoms with Crippen molar-refractivity contribution in [3.8, 4) is 11.3 Å². The Kier molecular flexibility index (Phi) is 11.3. The van der Waals surface area contributed by atoms with Gasteiger partial charge in [0.05, 0.1) is 0 Å². The SMILES string of the molecule is CC(C)(C)C(=O)/C=C(\O)C(C)(C)C.CC(C)Cc1cccc2c1sc1c(-c3[c-]c4ccccc4c(C(C)(C)C)c3)nccc12.[Ir]. The fourth-order valence-corrected chi connectivity index (χ4v) is 6.43. The molecule has 2 aromatic heterocycles. The number of pyridine rings is 1. The zero-order chi connectivity index (χ0) is 32.6. The van der Waals surface area contributed by atoms with Crippen LogP contribution >= 0.6 is 11.3 Å². The minimum atomic E-state index is -0.417. The molecular weight excluding hydrogens is 751 g/mol. The van der Waals surface area contributed by atoms with E-state index in [-0.39, 0.29) is 42.5 Å². The Hall–Kier alpha value is -2.85. The Bertz CT molecular complexity index is 1840. The first-order valence-corrected chi connectivity index (χ1v) is 16.4. The van der Waals surface area contributed by atoms with Crippen molar-refractivity contribution in [2.24, 2.45) is 16.7 Å². The molecule has 3 nitrogen and oxygen atoms in total. The standard InChI is InChI=1S/C29H28NS.C11H20O2.Ir/c1-18(2)15-20-10-8-12-23-24-13-14-30-26(28(24)31-27(20)23)21-16-19-9-6-7-11-22(19)25(17-21)29(3,4)5;1-10(2,3)8(12)7-9(13)11(4,5)6;/h6-14,17-18H,15H2,1-5H3;7,12H,1-6H3;/q-1;;/b;8-7-;. The van der Waals surface area contributed by atoms with Crippen LogP contribution in [0.4, 0.5) is 0 Å². The summed E-state index contributed by atoms with van der Waals surface area (Å²) < 4.78 is 2.66. The van der Waals surface area contributed by atoms with Crippen molar-refractivity contribution >= 4 is 48.1 Å². The molecule has 0 bridgehead atoms. The van der Waals surface area contributed by atoms with Crippen LogP contribution in [0, 0.1) is 22.8 Å². The summed E-state index contributed by atoms with van der Waals surface area (Å²) in [6.45, 7) is 22.5. The molecule has 0 unspecified atom stereocenters. The molecule has 0 atom stereocenters. The molecule has 0 aliphatic carbocycles. The summed E-state index contributed by atoms with van der Waals surface area (Å²) in [5.41, 5.74) is 4.20. The molecular formula is C40H48IrNO2S-. The first kappa shape index (κ1) is 36.6. The van der Waals surface area contributed by atoms with E-state index in [0.29, 0.717) is 5.92 Å². The summed E-state index contributed by atoms with van der Waals surface area (Å²) in [6.07, 6.45) is 4.39.